The molecule has 122 valence electrons. The van der Waals surface area contributed by atoms with Gasteiger partial charge in [-0.1, -0.05) is 0 Å². The van der Waals surface area contributed by atoms with Gasteiger partial charge in [0, 0.05) is 6.04 Å². The lowest BCUT2D eigenvalue weighted by atomic mass is 10.3. The zero-order valence-electron chi connectivity index (χ0n) is 11.8. The second-order valence-electron chi connectivity index (χ2n) is 4.70. The number of carbonyl (C=O) groups is 3. The van der Waals surface area contributed by atoms with E-state index < -0.39 is 43.2 Å². The third-order valence-corrected chi connectivity index (χ3v) is 2.15. The van der Waals surface area contributed by atoms with E-state index in [1.54, 1.807) is 13.8 Å². The third kappa shape index (κ3) is 8.71. The minimum absolute atomic E-state index is 0.0709. The Labute approximate surface area is 119 Å². The summed E-state index contributed by atoms with van der Waals surface area (Å²) in [4.78, 5) is 33.7. The number of carboxylic acid groups (broad SMARTS) is 1. The molecule has 0 aromatic heterocycles. The molecule has 0 aliphatic carbocycles. The van der Waals surface area contributed by atoms with Gasteiger partial charge in [-0.05, 0) is 20.8 Å². The number of carbonyl (C=O) groups excluding carboxylic acids is 2. The largest absolute Gasteiger partial charge is 0.480 e. The van der Waals surface area contributed by atoms with Gasteiger partial charge in [0.05, 0.1) is 0 Å². The van der Waals surface area contributed by atoms with Crippen molar-refractivity contribution in [2.45, 2.75) is 39.0 Å². The zero-order chi connectivity index (χ0) is 16.8. The first-order valence-corrected chi connectivity index (χ1v) is 6.06. The number of carboxylic acids is 1. The Balaban J connectivity index is 4.73. The lowest BCUT2D eigenvalue weighted by Crippen LogP contribution is -2.53. The highest BCUT2D eigenvalue weighted by atomic mass is 19.4. The van der Waals surface area contributed by atoms with Crippen LogP contribution >= 0.6 is 0 Å². The van der Waals surface area contributed by atoms with Gasteiger partial charge in [0.25, 0.3) is 0 Å². The Hall–Kier alpha value is -2.00. The van der Waals surface area contributed by atoms with E-state index in [-0.39, 0.29) is 10.9 Å². The summed E-state index contributed by atoms with van der Waals surface area (Å²) < 4.78 is 36.9. The van der Waals surface area contributed by atoms with Gasteiger partial charge in [0.1, 0.15) is 19.1 Å². The van der Waals surface area contributed by atoms with Gasteiger partial charge in [-0.2, -0.15) is 13.2 Å². The van der Waals surface area contributed by atoms with E-state index >= 15 is 0 Å². The van der Waals surface area contributed by atoms with Gasteiger partial charge in [-0.3, -0.25) is 9.59 Å². The van der Waals surface area contributed by atoms with Crippen molar-refractivity contribution in [1.82, 2.24) is 15.5 Å². The lowest BCUT2D eigenvalue weighted by Gasteiger charge is -2.24. The predicted molar refractivity (Wildman–Crippen MR) is 66.5 cm³/mol. The number of nitrogens with zero attached hydrogens (tertiary/aromatic N) is 1. The standard InChI is InChI=1S/C11H18F3N3O4/c1-6(2)15-9(20)7(3)16-10(21)17(4-8(18)19)5-11(12,13)14/h6-7H,4-5H2,1-3H3,(H,15,20)(H,16,21)(H,18,19). The van der Waals surface area contributed by atoms with Gasteiger partial charge in [0.2, 0.25) is 5.91 Å². The molecule has 0 heterocycles. The van der Waals surface area contributed by atoms with Crippen LogP contribution in [-0.2, 0) is 9.59 Å². The van der Waals surface area contributed by atoms with E-state index in [1.807, 2.05) is 5.32 Å². The molecule has 3 amide bonds. The molecule has 0 aliphatic heterocycles. The molecule has 10 heteroatoms. The molecular formula is C11H18F3N3O4. The van der Waals surface area contributed by atoms with Crippen LogP contribution in [-0.4, -0.2) is 59.3 Å². The fraction of sp³-hybridized carbons (Fsp3) is 0.727. The van der Waals surface area contributed by atoms with Gasteiger partial charge in [-0.15, -0.1) is 0 Å². The molecular weight excluding hydrogens is 295 g/mol. The Morgan fingerprint density at radius 2 is 1.67 bits per heavy atom. The third-order valence-electron chi connectivity index (χ3n) is 2.15. The fourth-order valence-corrected chi connectivity index (χ4v) is 1.33. The van der Waals surface area contributed by atoms with E-state index in [9.17, 15) is 27.6 Å². The molecule has 1 atom stereocenters. The summed E-state index contributed by atoms with van der Waals surface area (Å²) in [6.45, 7) is 1.79. The molecule has 21 heavy (non-hydrogen) atoms. The van der Waals surface area contributed by atoms with Gasteiger partial charge >= 0.3 is 18.2 Å². The van der Waals surface area contributed by atoms with E-state index in [2.05, 4.69) is 5.32 Å². The van der Waals surface area contributed by atoms with E-state index in [4.69, 9.17) is 5.11 Å². The molecule has 0 aromatic carbocycles. The van der Waals surface area contributed by atoms with Crippen molar-refractivity contribution in [3.8, 4) is 0 Å². The summed E-state index contributed by atoms with van der Waals surface area (Å²) >= 11 is 0. The normalized spacial score (nSPS) is 12.7. The second-order valence-corrected chi connectivity index (χ2v) is 4.70. The van der Waals surface area contributed by atoms with Crippen molar-refractivity contribution in [3.05, 3.63) is 0 Å². The van der Waals surface area contributed by atoms with E-state index in [0.717, 1.165) is 0 Å². The van der Waals surface area contributed by atoms with Crippen LogP contribution in [0.1, 0.15) is 20.8 Å². The van der Waals surface area contributed by atoms with Crippen molar-refractivity contribution in [3.63, 3.8) is 0 Å². The number of aliphatic carboxylic acids is 1. The SMILES string of the molecule is CC(C)NC(=O)C(C)NC(=O)N(CC(=O)O)CC(F)(F)F. The maximum Gasteiger partial charge on any atom is 0.406 e. The van der Waals surface area contributed by atoms with Crippen molar-refractivity contribution in [2.75, 3.05) is 13.1 Å². The molecule has 0 radical (unpaired) electrons. The molecule has 7 nitrogen and oxygen atoms in total. The number of hydrogen-bond donors (Lipinski definition) is 3. The van der Waals surface area contributed by atoms with Crippen LogP contribution in [0.3, 0.4) is 0 Å². The summed E-state index contributed by atoms with van der Waals surface area (Å²) in [5.74, 6) is -2.17. The van der Waals surface area contributed by atoms with Gasteiger partial charge in [-0.25, -0.2) is 4.79 Å². The molecule has 0 aromatic rings. The van der Waals surface area contributed by atoms with Crippen molar-refractivity contribution in [1.29, 1.82) is 0 Å². The molecule has 0 spiro atoms. The number of halogens is 3. The second kappa shape index (κ2) is 7.70. The smallest absolute Gasteiger partial charge is 0.406 e. The van der Waals surface area contributed by atoms with Crippen LogP contribution < -0.4 is 10.6 Å². The molecule has 0 aliphatic rings. The van der Waals surface area contributed by atoms with E-state index in [1.165, 1.54) is 6.92 Å². The Kier molecular flexibility index (Phi) is 6.96. The summed E-state index contributed by atoms with van der Waals surface area (Å²) in [5.41, 5.74) is 0. The monoisotopic (exact) mass is 313 g/mol. The number of hydrogen-bond acceptors (Lipinski definition) is 3. The highest BCUT2D eigenvalue weighted by molar-refractivity contribution is 5.87. The fourth-order valence-electron chi connectivity index (χ4n) is 1.33. The average molecular weight is 313 g/mol. The van der Waals surface area contributed by atoms with Crippen molar-refractivity contribution >= 4 is 17.9 Å². The van der Waals surface area contributed by atoms with Gasteiger partial charge < -0.3 is 20.6 Å². The summed E-state index contributed by atoms with van der Waals surface area (Å²) in [6, 6.07) is -2.58. The molecule has 0 saturated heterocycles. The molecule has 0 fully saturated rings. The van der Waals surface area contributed by atoms with Crippen LogP contribution in [0.5, 0.6) is 0 Å². The minimum Gasteiger partial charge on any atom is -0.480 e. The Morgan fingerprint density at radius 3 is 2.05 bits per heavy atom. The quantitative estimate of drug-likeness (QED) is 0.667. The maximum absolute atomic E-state index is 12.3. The van der Waals surface area contributed by atoms with Crippen LogP contribution in [0.2, 0.25) is 0 Å². The maximum atomic E-state index is 12.3. The summed E-state index contributed by atoms with van der Waals surface area (Å²) in [7, 11) is 0. The number of nitrogens with one attached hydrogen (secondary N) is 2. The van der Waals surface area contributed by atoms with Crippen LogP contribution in [0.15, 0.2) is 0 Å². The molecule has 0 rings (SSSR count). The van der Waals surface area contributed by atoms with Crippen LogP contribution in [0.25, 0.3) is 0 Å². The molecule has 3 N–H and O–H groups in total. The first-order valence-electron chi connectivity index (χ1n) is 6.06. The highest BCUT2D eigenvalue weighted by Crippen LogP contribution is 2.16. The Bertz CT molecular complexity index is 399. The summed E-state index contributed by atoms with van der Waals surface area (Å²) in [5, 5.41) is 13.0. The van der Waals surface area contributed by atoms with Crippen molar-refractivity contribution < 1.29 is 32.7 Å². The Morgan fingerprint density at radius 1 is 1.14 bits per heavy atom. The number of amides is 3. The summed E-state index contributed by atoms with van der Waals surface area (Å²) in [6.07, 6.45) is -4.74. The van der Waals surface area contributed by atoms with Crippen LogP contribution in [0.4, 0.5) is 18.0 Å². The number of rotatable bonds is 6. The topological polar surface area (TPSA) is 98.7 Å². The zero-order valence-corrected chi connectivity index (χ0v) is 11.8. The molecule has 1 unspecified atom stereocenters. The van der Waals surface area contributed by atoms with Crippen LogP contribution in [0, 0.1) is 0 Å². The molecule has 0 saturated carbocycles. The van der Waals surface area contributed by atoms with Gasteiger partial charge in [0.15, 0.2) is 0 Å². The average Bonchev–Trinajstić information content (AvgIpc) is 2.24. The molecule has 0 bridgehead atoms. The van der Waals surface area contributed by atoms with Crippen molar-refractivity contribution in [2.24, 2.45) is 0 Å². The van der Waals surface area contributed by atoms with E-state index in [0.29, 0.717) is 0 Å². The number of alkyl halides is 3. The first-order chi connectivity index (χ1) is 9.42. The lowest BCUT2D eigenvalue weighted by molar-refractivity contribution is -0.149. The number of urea groups is 1. The predicted octanol–water partition coefficient (Wildman–Crippen LogP) is 0.558. The first kappa shape index (κ1) is 19.0. The highest BCUT2D eigenvalue weighted by Gasteiger charge is 2.34. The minimum atomic E-state index is -4.74.